The first-order valence-corrected chi connectivity index (χ1v) is 7.49. The summed E-state index contributed by atoms with van der Waals surface area (Å²) >= 11 is 6.20. The number of nitrogens with one attached hydrogen (secondary N) is 1. The van der Waals surface area contributed by atoms with E-state index in [1.165, 1.54) is 37.7 Å². The van der Waals surface area contributed by atoms with Crippen molar-refractivity contribution in [3.8, 4) is 0 Å². The van der Waals surface area contributed by atoms with Crippen LogP contribution in [0.25, 0.3) is 0 Å². The van der Waals surface area contributed by atoms with Crippen molar-refractivity contribution in [1.29, 1.82) is 0 Å². The lowest BCUT2D eigenvalue weighted by Gasteiger charge is -2.30. The van der Waals surface area contributed by atoms with Gasteiger partial charge in [0.25, 0.3) is 0 Å². The van der Waals surface area contributed by atoms with E-state index in [-0.39, 0.29) is 0 Å². The highest BCUT2D eigenvalue weighted by molar-refractivity contribution is 6.31. The SMILES string of the molecule is CCCNC(Cc1ccncc1Cl)CC1CCC1. The Morgan fingerprint density at radius 3 is 2.94 bits per heavy atom. The van der Waals surface area contributed by atoms with Crippen LogP contribution >= 0.6 is 11.6 Å². The van der Waals surface area contributed by atoms with Gasteiger partial charge in [0.15, 0.2) is 0 Å². The summed E-state index contributed by atoms with van der Waals surface area (Å²) in [6, 6.07) is 2.61. The van der Waals surface area contributed by atoms with E-state index in [1.54, 1.807) is 6.20 Å². The zero-order chi connectivity index (χ0) is 12.8. The van der Waals surface area contributed by atoms with E-state index in [4.69, 9.17) is 11.6 Å². The normalized spacial score (nSPS) is 17.4. The molecule has 0 aromatic carbocycles. The summed E-state index contributed by atoms with van der Waals surface area (Å²) < 4.78 is 0. The minimum atomic E-state index is 0.565. The van der Waals surface area contributed by atoms with Crippen molar-refractivity contribution in [2.24, 2.45) is 5.92 Å². The van der Waals surface area contributed by atoms with Gasteiger partial charge in [-0.2, -0.15) is 0 Å². The maximum Gasteiger partial charge on any atom is 0.0621 e. The molecule has 0 bridgehead atoms. The van der Waals surface area contributed by atoms with Crippen LogP contribution in [0.3, 0.4) is 0 Å². The highest BCUT2D eigenvalue weighted by Crippen LogP contribution is 2.31. The fraction of sp³-hybridized carbons (Fsp3) is 0.667. The summed E-state index contributed by atoms with van der Waals surface area (Å²) in [5, 5.41) is 4.47. The molecule has 1 N–H and O–H groups in total. The lowest BCUT2D eigenvalue weighted by atomic mass is 9.80. The van der Waals surface area contributed by atoms with Crippen LogP contribution in [0.5, 0.6) is 0 Å². The average molecular weight is 267 g/mol. The van der Waals surface area contributed by atoms with Gasteiger partial charge in [-0.05, 0) is 43.4 Å². The zero-order valence-electron chi connectivity index (χ0n) is 11.2. The van der Waals surface area contributed by atoms with Crippen molar-refractivity contribution in [3.05, 3.63) is 29.0 Å². The van der Waals surface area contributed by atoms with Crippen molar-refractivity contribution in [1.82, 2.24) is 10.3 Å². The average Bonchev–Trinajstić information content (AvgIpc) is 2.33. The first-order valence-electron chi connectivity index (χ1n) is 7.11. The maximum absolute atomic E-state index is 6.20. The number of aromatic nitrogens is 1. The molecule has 1 unspecified atom stereocenters. The van der Waals surface area contributed by atoms with E-state index in [0.29, 0.717) is 6.04 Å². The molecule has 1 aliphatic carbocycles. The van der Waals surface area contributed by atoms with Crippen LogP contribution in [0.15, 0.2) is 18.5 Å². The van der Waals surface area contributed by atoms with Crippen molar-refractivity contribution < 1.29 is 0 Å². The lowest BCUT2D eigenvalue weighted by molar-refractivity contribution is 0.259. The van der Waals surface area contributed by atoms with Gasteiger partial charge in [0.1, 0.15) is 0 Å². The Labute approximate surface area is 115 Å². The van der Waals surface area contributed by atoms with Crippen LogP contribution in [0, 0.1) is 5.92 Å². The number of nitrogens with zero attached hydrogens (tertiary/aromatic N) is 1. The Bertz CT molecular complexity index is 363. The number of rotatable bonds is 7. The van der Waals surface area contributed by atoms with E-state index in [1.807, 2.05) is 12.3 Å². The molecule has 1 aromatic heterocycles. The molecule has 1 heterocycles. The number of hydrogen-bond donors (Lipinski definition) is 1. The predicted molar refractivity (Wildman–Crippen MR) is 77.0 cm³/mol. The fourth-order valence-electron chi connectivity index (χ4n) is 2.55. The molecular weight excluding hydrogens is 244 g/mol. The molecule has 0 radical (unpaired) electrons. The van der Waals surface area contributed by atoms with E-state index in [0.717, 1.165) is 23.9 Å². The van der Waals surface area contributed by atoms with Crippen molar-refractivity contribution >= 4 is 11.6 Å². The highest BCUT2D eigenvalue weighted by Gasteiger charge is 2.22. The Kier molecular flexibility index (Phi) is 5.45. The third-order valence-electron chi connectivity index (χ3n) is 3.85. The molecule has 3 heteroatoms. The smallest absolute Gasteiger partial charge is 0.0621 e. The van der Waals surface area contributed by atoms with E-state index < -0.39 is 0 Å². The van der Waals surface area contributed by atoms with Gasteiger partial charge in [-0.1, -0.05) is 37.8 Å². The van der Waals surface area contributed by atoms with Gasteiger partial charge in [-0.3, -0.25) is 4.98 Å². The monoisotopic (exact) mass is 266 g/mol. The summed E-state index contributed by atoms with van der Waals surface area (Å²) in [4.78, 5) is 4.05. The second kappa shape index (κ2) is 7.10. The van der Waals surface area contributed by atoms with Crippen LogP contribution in [0.4, 0.5) is 0 Å². The molecule has 2 rings (SSSR count). The van der Waals surface area contributed by atoms with Gasteiger partial charge in [0.2, 0.25) is 0 Å². The Hall–Kier alpha value is -0.600. The van der Waals surface area contributed by atoms with Crippen LogP contribution in [-0.4, -0.2) is 17.6 Å². The molecule has 0 spiro atoms. The fourth-order valence-corrected chi connectivity index (χ4v) is 2.75. The molecule has 1 fully saturated rings. The second-order valence-corrected chi connectivity index (χ2v) is 5.76. The molecule has 0 amide bonds. The molecule has 0 aliphatic heterocycles. The Morgan fingerprint density at radius 1 is 1.50 bits per heavy atom. The van der Waals surface area contributed by atoms with Gasteiger partial charge in [-0.15, -0.1) is 0 Å². The van der Waals surface area contributed by atoms with E-state index in [2.05, 4.69) is 17.2 Å². The van der Waals surface area contributed by atoms with Crippen molar-refractivity contribution in [2.75, 3.05) is 6.54 Å². The topological polar surface area (TPSA) is 24.9 Å². The minimum absolute atomic E-state index is 0.565. The van der Waals surface area contributed by atoms with Crippen LogP contribution in [-0.2, 0) is 6.42 Å². The van der Waals surface area contributed by atoms with Gasteiger partial charge >= 0.3 is 0 Å². The first kappa shape index (κ1) is 13.8. The highest BCUT2D eigenvalue weighted by atomic mass is 35.5. The summed E-state index contributed by atoms with van der Waals surface area (Å²) in [7, 11) is 0. The van der Waals surface area contributed by atoms with Gasteiger partial charge in [0.05, 0.1) is 5.02 Å². The molecular formula is C15H23ClN2. The second-order valence-electron chi connectivity index (χ2n) is 5.35. The van der Waals surface area contributed by atoms with E-state index in [9.17, 15) is 0 Å². The largest absolute Gasteiger partial charge is 0.314 e. The molecule has 1 atom stereocenters. The molecule has 100 valence electrons. The third kappa shape index (κ3) is 3.96. The van der Waals surface area contributed by atoms with Gasteiger partial charge in [-0.25, -0.2) is 0 Å². The minimum Gasteiger partial charge on any atom is -0.314 e. The summed E-state index contributed by atoms with van der Waals surface area (Å²) in [6.45, 7) is 3.31. The molecule has 0 saturated heterocycles. The van der Waals surface area contributed by atoms with Crippen LogP contribution in [0.1, 0.15) is 44.6 Å². The zero-order valence-corrected chi connectivity index (χ0v) is 11.9. The van der Waals surface area contributed by atoms with Crippen molar-refractivity contribution in [2.45, 2.75) is 51.5 Å². The number of pyridine rings is 1. The predicted octanol–water partition coefficient (Wildman–Crippen LogP) is 3.84. The van der Waals surface area contributed by atoms with Crippen LogP contribution < -0.4 is 5.32 Å². The summed E-state index contributed by atoms with van der Waals surface area (Å²) in [6.07, 6.45) is 11.3. The molecule has 2 nitrogen and oxygen atoms in total. The van der Waals surface area contributed by atoms with Gasteiger partial charge < -0.3 is 5.32 Å². The molecule has 1 saturated carbocycles. The van der Waals surface area contributed by atoms with Crippen LogP contribution in [0.2, 0.25) is 5.02 Å². The van der Waals surface area contributed by atoms with Gasteiger partial charge in [0, 0.05) is 18.4 Å². The quantitative estimate of drug-likeness (QED) is 0.811. The molecule has 18 heavy (non-hydrogen) atoms. The lowest BCUT2D eigenvalue weighted by Crippen LogP contribution is -2.35. The Balaban J connectivity index is 1.92. The van der Waals surface area contributed by atoms with Crippen molar-refractivity contribution in [3.63, 3.8) is 0 Å². The maximum atomic E-state index is 6.20. The summed E-state index contributed by atoms with van der Waals surface area (Å²) in [5.41, 5.74) is 1.22. The molecule has 1 aromatic rings. The summed E-state index contributed by atoms with van der Waals surface area (Å²) in [5.74, 6) is 0.931. The standard InChI is InChI=1S/C15H23ClN2/c1-2-7-18-14(9-12-4-3-5-12)10-13-6-8-17-11-15(13)16/h6,8,11-12,14,18H,2-5,7,9-10H2,1H3. The Morgan fingerprint density at radius 2 is 2.33 bits per heavy atom. The van der Waals surface area contributed by atoms with E-state index >= 15 is 0 Å². The first-order chi connectivity index (χ1) is 8.79. The number of hydrogen-bond acceptors (Lipinski definition) is 2. The third-order valence-corrected chi connectivity index (χ3v) is 4.19. The number of halogens is 1. The molecule has 1 aliphatic rings.